The molecule has 3 nitrogen and oxygen atoms in total. The van der Waals surface area contributed by atoms with Crippen LogP contribution in [0.4, 0.5) is 8.78 Å². The maximum absolute atomic E-state index is 12.1. The van der Waals surface area contributed by atoms with Gasteiger partial charge >= 0.3 is 0 Å². The molecule has 0 bridgehead atoms. The highest BCUT2D eigenvalue weighted by molar-refractivity contribution is 6.06. The van der Waals surface area contributed by atoms with Crippen LogP contribution in [0.15, 0.2) is 42.5 Å². The monoisotopic (exact) mass is 265 g/mol. The van der Waals surface area contributed by atoms with Crippen LogP contribution in [0, 0.1) is 0 Å². The molecule has 0 aromatic heterocycles. The van der Waals surface area contributed by atoms with E-state index >= 15 is 0 Å². The average Bonchev–Trinajstić information content (AvgIpc) is 2.43. The van der Waals surface area contributed by atoms with Crippen LogP contribution in [-0.2, 0) is 0 Å². The topological polar surface area (TPSA) is 49.3 Å². The lowest BCUT2D eigenvalue weighted by molar-refractivity contribution is -0.00269. The number of alkyl halides is 2. The van der Waals surface area contributed by atoms with Gasteiger partial charge < -0.3 is 10.4 Å². The molecule has 1 unspecified atom stereocenters. The second kappa shape index (κ2) is 5.75. The van der Waals surface area contributed by atoms with Crippen molar-refractivity contribution in [3.8, 4) is 0 Å². The second-order valence-electron chi connectivity index (χ2n) is 4.14. The number of carbonyl (C=O) groups excluding carboxylic acids is 1. The largest absolute Gasteiger partial charge is 0.385 e. The number of amides is 1. The van der Waals surface area contributed by atoms with Crippen LogP contribution in [0.25, 0.3) is 10.8 Å². The van der Waals surface area contributed by atoms with Crippen LogP contribution in [0.1, 0.15) is 10.4 Å². The molecule has 0 saturated heterocycles. The molecular formula is C14H13F2NO2. The van der Waals surface area contributed by atoms with Gasteiger partial charge in [0.25, 0.3) is 12.3 Å². The third kappa shape index (κ3) is 3.06. The number of hydrogen-bond donors (Lipinski definition) is 2. The van der Waals surface area contributed by atoms with Gasteiger partial charge in [0.05, 0.1) is 0 Å². The summed E-state index contributed by atoms with van der Waals surface area (Å²) < 4.78 is 24.3. The Bertz CT molecular complexity index is 581. The van der Waals surface area contributed by atoms with Gasteiger partial charge in [0.2, 0.25) is 0 Å². The summed E-state index contributed by atoms with van der Waals surface area (Å²) in [6, 6.07) is 12.5. The van der Waals surface area contributed by atoms with Crippen molar-refractivity contribution in [2.45, 2.75) is 12.5 Å². The zero-order chi connectivity index (χ0) is 13.8. The van der Waals surface area contributed by atoms with Gasteiger partial charge in [-0.3, -0.25) is 4.79 Å². The molecule has 2 aromatic rings. The Kier molecular flexibility index (Phi) is 4.06. The normalized spacial score (nSPS) is 12.6. The van der Waals surface area contributed by atoms with Gasteiger partial charge in [-0.1, -0.05) is 36.4 Å². The molecule has 0 aliphatic rings. The quantitative estimate of drug-likeness (QED) is 0.890. The lowest BCUT2D eigenvalue weighted by atomic mass is 10.0. The molecular weight excluding hydrogens is 252 g/mol. The number of carbonyl (C=O) groups is 1. The maximum atomic E-state index is 12.1. The Balaban J connectivity index is 2.18. The molecule has 1 amide bonds. The van der Waals surface area contributed by atoms with E-state index in [1.807, 2.05) is 18.2 Å². The number of benzene rings is 2. The molecule has 0 aliphatic heterocycles. The lowest BCUT2D eigenvalue weighted by Crippen LogP contribution is -2.35. The van der Waals surface area contributed by atoms with Crippen molar-refractivity contribution in [1.29, 1.82) is 0 Å². The zero-order valence-electron chi connectivity index (χ0n) is 10.0. The van der Waals surface area contributed by atoms with Gasteiger partial charge in [-0.15, -0.1) is 0 Å². The fourth-order valence-electron chi connectivity index (χ4n) is 1.80. The summed E-state index contributed by atoms with van der Waals surface area (Å²) in [5.74, 6) is -0.475. The molecule has 0 spiro atoms. The predicted molar refractivity (Wildman–Crippen MR) is 68.3 cm³/mol. The van der Waals surface area contributed by atoms with E-state index in [0.29, 0.717) is 5.56 Å². The Labute approximate surface area is 108 Å². The van der Waals surface area contributed by atoms with Crippen LogP contribution in [0.2, 0.25) is 0 Å². The van der Waals surface area contributed by atoms with Crippen molar-refractivity contribution in [3.63, 3.8) is 0 Å². The molecule has 0 heterocycles. The summed E-state index contributed by atoms with van der Waals surface area (Å²) in [5.41, 5.74) is 0.402. The van der Waals surface area contributed by atoms with Crippen LogP contribution >= 0.6 is 0 Å². The molecule has 0 saturated carbocycles. The standard InChI is InChI=1S/C14H13F2NO2/c15-13(16)12(18)8-17-14(19)11-7-3-5-9-4-1-2-6-10(9)11/h1-7,12-13,18H,8H2,(H,17,19). The van der Waals surface area contributed by atoms with E-state index in [-0.39, 0.29) is 0 Å². The van der Waals surface area contributed by atoms with E-state index < -0.39 is 25.0 Å². The Morgan fingerprint density at radius 1 is 1.16 bits per heavy atom. The minimum atomic E-state index is -2.87. The van der Waals surface area contributed by atoms with Crippen molar-refractivity contribution in [2.75, 3.05) is 6.54 Å². The lowest BCUT2D eigenvalue weighted by Gasteiger charge is -2.11. The van der Waals surface area contributed by atoms with Crippen molar-refractivity contribution >= 4 is 16.7 Å². The number of aliphatic hydroxyl groups excluding tert-OH is 1. The van der Waals surface area contributed by atoms with Gasteiger partial charge in [-0.25, -0.2) is 8.78 Å². The molecule has 2 rings (SSSR count). The summed E-state index contributed by atoms with van der Waals surface area (Å²) in [6.07, 6.45) is -4.72. The van der Waals surface area contributed by atoms with Gasteiger partial charge in [0.15, 0.2) is 0 Å². The van der Waals surface area contributed by atoms with Gasteiger partial charge in [-0.2, -0.15) is 0 Å². The van der Waals surface area contributed by atoms with Crippen molar-refractivity contribution in [2.24, 2.45) is 0 Å². The first-order valence-electron chi connectivity index (χ1n) is 5.82. The van der Waals surface area contributed by atoms with Crippen LogP contribution in [0.5, 0.6) is 0 Å². The molecule has 0 aliphatic carbocycles. The minimum absolute atomic E-state index is 0.402. The smallest absolute Gasteiger partial charge is 0.265 e. The first kappa shape index (κ1) is 13.4. The highest BCUT2D eigenvalue weighted by Crippen LogP contribution is 2.18. The Morgan fingerprint density at radius 2 is 1.84 bits per heavy atom. The average molecular weight is 265 g/mol. The fraction of sp³-hybridized carbons (Fsp3) is 0.214. The summed E-state index contributed by atoms with van der Waals surface area (Å²) in [5, 5.41) is 12.9. The summed E-state index contributed by atoms with van der Waals surface area (Å²) in [4.78, 5) is 11.9. The Hall–Kier alpha value is -2.01. The summed E-state index contributed by atoms with van der Waals surface area (Å²) in [7, 11) is 0. The number of hydrogen-bond acceptors (Lipinski definition) is 2. The highest BCUT2D eigenvalue weighted by atomic mass is 19.3. The van der Waals surface area contributed by atoms with Crippen LogP contribution in [-0.4, -0.2) is 30.1 Å². The van der Waals surface area contributed by atoms with Crippen LogP contribution in [0.3, 0.4) is 0 Å². The molecule has 0 fully saturated rings. The first-order valence-corrected chi connectivity index (χ1v) is 5.82. The van der Waals surface area contributed by atoms with Gasteiger partial charge in [0, 0.05) is 12.1 Å². The number of nitrogens with one attached hydrogen (secondary N) is 1. The van der Waals surface area contributed by atoms with E-state index in [4.69, 9.17) is 5.11 Å². The third-order valence-electron chi connectivity index (χ3n) is 2.80. The first-order chi connectivity index (χ1) is 9.09. The second-order valence-corrected chi connectivity index (χ2v) is 4.14. The maximum Gasteiger partial charge on any atom is 0.265 e. The predicted octanol–water partition coefficient (Wildman–Crippen LogP) is 2.20. The minimum Gasteiger partial charge on any atom is -0.385 e. The molecule has 100 valence electrons. The molecule has 1 atom stereocenters. The van der Waals surface area contributed by atoms with Gasteiger partial charge in [-0.05, 0) is 16.8 Å². The molecule has 0 radical (unpaired) electrons. The fourth-order valence-corrected chi connectivity index (χ4v) is 1.80. The van der Waals surface area contributed by atoms with Crippen molar-refractivity contribution in [3.05, 3.63) is 48.0 Å². The zero-order valence-corrected chi connectivity index (χ0v) is 10.0. The summed E-state index contributed by atoms with van der Waals surface area (Å²) >= 11 is 0. The highest BCUT2D eigenvalue weighted by Gasteiger charge is 2.18. The van der Waals surface area contributed by atoms with E-state index in [9.17, 15) is 13.6 Å². The van der Waals surface area contributed by atoms with E-state index in [1.54, 1.807) is 24.3 Å². The number of fused-ring (bicyclic) bond motifs is 1. The van der Waals surface area contributed by atoms with Gasteiger partial charge in [0.1, 0.15) is 6.10 Å². The van der Waals surface area contributed by atoms with E-state index in [2.05, 4.69) is 5.32 Å². The van der Waals surface area contributed by atoms with Crippen LogP contribution < -0.4 is 5.32 Å². The van der Waals surface area contributed by atoms with Crippen molar-refractivity contribution < 1.29 is 18.7 Å². The molecule has 5 heteroatoms. The van der Waals surface area contributed by atoms with E-state index in [0.717, 1.165) is 10.8 Å². The SMILES string of the molecule is O=C(NCC(O)C(F)F)c1cccc2ccccc12. The number of rotatable bonds is 4. The van der Waals surface area contributed by atoms with E-state index in [1.165, 1.54) is 0 Å². The van der Waals surface area contributed by atoms with Crippen molar-refractivity contribution in [1.82, 2.24) is 5.32 Å². The number of halogens is 2. The number of aliphatic hydroxyl groups is 1. The molecule has 19 heavy (non-hydrogen) atoms. The molecule has 2 aromatic carbocycles. The third-order valence-corrected chi connectivity index (χ3v) is 2.80. The summed E-state index contributed by atoms with van der Waals surface area (Å²) in [6.45, 7) is -0.472. The molecule has 2 N–H and O–H groups in total. The Morgan fingerprint density at radius 3 is 2.58 bits per heavy atom.